The monoisotopic (exact) mass is 383 g/mol. The van der Waals surface area contributed by atoms with Gasteiger partial charge in [0.25, 0.3) is 0 Å². The van der Waals surface area contributed by atoms with Crippen molar-refractivity contribution in [3.8, 4) is 11.5 Å². The van der Waals surface area contributed by atoms with Gasteiger partial charge in [-0.1, -0.05) is 29.3 Å². The minimum absolute atomic E-state index is 0.0876. The van der Waals surface area contributed by atoms with Crippen LogP contribution in [-0.4, -0.2) is 18.4 Å². The Kier molecular flexibility index (Phi) is 6.66. The summed E-state index contributed by atoms with van der Waals surface area (Å²) in [5.74, 6) is 1.12. The van der Waals surface area contributed by atoms with Crippen LogP contribution in [0.2, 0.25) is 10.0 Å². The third-order valence-electron chi connectivity index (χ3n) is 3.01. The van der Waals surface area contributed by atoms with Crippen molar-refractivity contribution in [1.29, 1.82) is 0 Å². The molecule has 0 aromatic heterocycles. The molecule has 0 amide bonds. The molecule has 2 aromatic carbocycles. The first-order valence-electron chi connectivity index (χ1n) is 6.83. The van der Waals surface area contributed by atoms with E-state index in [1.165, 1.54) is 0 Å². The number of nitrogens with two attached hydrogens (primary N) is 1. The molecule has 0 bridgehead atoms. The van der Waals surface area contributed by atoms with E-state index < -0.39 is 0 Å². The fourth-order valence-electron chi connectivity index (χ4n) is 1.88. The Balaban J connectivity index is 2.18. The molecular formula is C16H15Cl2N3O2S. The number of thiocarbonyl (C=S) groups is 1. The maximum absolute atomic E-state index is 6.15. The molecule has 0 aliphatic heterocycles. The summed E-state index contributed by atoms with van der Waals surface area (Å²) in [5, 5.41) is 5.08. The molecule has 0 aliphatic rings. The zero-order valence-electron chi connectivity index (χ0n) is 12.8. The van der Waals surface area contributed by atoms with Crippen LogP contribution in [0, 0.1) is 0 Å². The van der Waals surface area contributed by atoms with Crippen LogP contribution in [0.15, 0.2) is 41.5 Å². The second-order valence-corrected chi connectivity index (χ2v) is 5.89. The van der Waals surface area contributed by atoms with Crippen molar-refractivity contribution in [2.24, 2.45) is 10.8 Å². The normalized spacial score (nSPS) is 10.6. The number of hydrogen-bond donors (Lipinski definition) is 2. The molecule has 0 unspecified atom stereocenters. The molecule has 126 valence electrons. The van der Waals surface area contributed by atoms with Gasteiger partial charge < -0.3 is 15.2 Å². The molecule has 8 heteroatoms. The van der Waals surface area contributed by atoms with Gasteiger partial charge in [-0.3, -0.25) is 5.43 Å². The molecular weight excluding hydrogens is 369 g/mol. The second-order valence-electron chi connectivity index (χ2n) is 4.63. The third-order valence-corrected chi connectivity index (χ3v) is 3.81. The van der Waals surface area contributed by atoms with E-state index in [0.29, 0.717) is 27.1 Å². The van der Waals surface area contributed by atoms with Gasteiger partial charge in [0.2, 0.25) is 0 Å². The van der Waals surface area contributed by atoms with E-state index in [2.05, 4.69) is 22.7 Å². The number of hydrogen-bond acceptors (Lipinski definition) is 4. The van der Waals surface area contributed by atoms with Gasteiger partial charge in [-0.2, -0.15) is 5.10 Å². The van der Waals surface area contributed by atoms with Crippen LogP contribution in [-0.2, 0) is 6.61 Å². The van der Waals surface area contributed by atoms with E-state index in [0.717, 1.165) is 5.56 Å². The number of hydrazone groups is 1. The molecule has 24 heavy (non-hydrogen) atoms. The summed E-state index contributed by atoms with van der Waals surface area (Å²) in [4.78, 5) is 0. The van der Waals surface area contributed by atoms with Crippen molar-refractivity contribution in [2.75, 3.05) is 7.11 Å². The molecule has 0 radical (unpaired) electrons. The van der Waals surface area contributed by atoms with Gasteiger partial charge in [-0.05, 0) is 48.1 Å². The number of rotatable bonds is 6. The molecule has 0 heterocycles. The Labute approximate surface area is 155 Å². The molecule has 0 saturated heterocycles. The van der Waals surface area contributed by atoms with Gasteiger partial charge in [-0.25, -0.2) is 0 Å². The molecule has 0 saturated carbocycles. The summed E-state index contributed by atoms with van der Waals surface area (Å²) < 4.78 is 11.1. The van der Waals surface area contributed by atoms with E-state index in [4.69, 9.17) is 38.4 Å². The number of benzene rings is 2. The number of nitrogens with one attached hydrogen (secondary N) is 1. The number of methoxy groups -OCH3 is 1. The van der Waals surface area contributed by atoms with Gasteiger partial charge >= 0.3 is 0 Å². The first kappa shape index (κ1) is 18.3. The summed E-state index contributed by atoms with van der Waals surface area (Å²) in [5.41, 5.74) is 9.28. The molecule has 0 fully saturated rings. The van der Waals surface area contributed by atoms with Crippen LogP contribution in [0.5, 0.6) is 11.5 Å². The number of ether oxygens (including phenoxy) is 2. The molecule has 2 aromatic rings. The highest BCUT2D eigenvalue weighted by Gasteiger charge is 2.10. The highest BCUT2D eigenvalue weighted by atomic mass is 35.5. The summed E-state index contributed by atoms with van der Waals surface area (Å²) >= 11 is 17.0. The predicted molar refractivity (Wildman–Crippen MR) is 101 cm³/mol. The van der Waals surface area contributed by atoms with Crippen LogP contribution in [0.25, 0.3) is 0 Å². The highest BCUT2D eigenvalue weighted by molar-refractivity contribution is 7.80. The fraction of sp³-hybridized carbons (Fsp3) is 0.125. The zero-order chi connectivity index (χ0) is 17.5. The average molecular weight is 384 g/mol. The molecule has 5 nitrogen and oxygen atoms in total. The number of nitrogens with zero attached hydrogens (tertiary/aromatic N) is 1. The van der Waals surface area contributed by atoms with Crippen LogP contribution in [0.1, 0.15) is 11.1 Å². The van der Waals surface area contributed by atoms with Gasteiger partial charge in [0.05, 0.1) is 13.3 Å². The summed E-state index contributed by atoms with van der Waals surface area (Å²) in [6.45, 7) is 0.209. The Morgan fingerprint density at radius 3 is 2.58 bits per heavy atom. The summed E-state index contributed by atoms with van der Waals surface area (Å²) in [7, 11) is 1.56. The lowest BCUT2D eigenvalue weighted by atomic mass is 10.2. The zero-order valence-corrected chi connectivity index (χ0v) is 15.1. The molecule has 0 atom stereocenters. The van der Waals surface area contributed by atoms with Crippen molar-refractivity contribution in [3.63, 3.8) is 0 Å². The lowest BCUT2D eigenvalue weighted by Crippen LogP contribution is -2.23. The quantitative estimate of drug-likeness (QED) is 0.451. The van der Waals surface area contributed by atoms with Crippen LogP contribution in [0.3, 0.4) is 0 Å². The maximum Gasteiger partial charge on any atom is 0.184 e. The summed E-state index contributed by atoms with van der Waals surface area (Å²) in [6.07, 6.45) is 1.56. The Morgan fingerprint density at radius 1 is 1.25 bits per heavy atom. The van der Waals surface area contributed by atoms with Crippen molar-refractivity contribution in [3.05, 3.63) is 57.6 Å². The smallest absolute Gasteiger partial charge is 0.184 e. The van der Waals surface area contributed by atoms with Crippen molar-refractivity contribution in [1.82, 2.24) is 5.43 Å². The SMILES string of the molecule is COc1ccc(C=NNC(N)=S)cc1OCc1c(Cl)cccc1Cl. The first-order valence-corrected chi connectivity index (χ1v) is 8.00. The van der Waals surface area contributed by atoms with E-state index in [9.17, 15) is 0 Å². The minimum atomic E-state index is 0.0876. The topological polar surface area (TPSA) is 68.9 Å². The Hall–Kier alpha value is -2.02. The van der Waals surface area contributed by atoms with E-state index in [-0.39, 0.29) is 11.7 Å². The van der Waals surface area contributed by atoms with Crippen molar-refractivity contribution >= 4 is 46.7 Å². The lowest BCUT2D eigenvalue weighted by molar-refractivity contribution is 0.284. The number of halogens is 2. The standard InChI is InChI=1S/C16H15Cl2N3O2S/c1-22-14-6-5-10(8-20-21-16(19)24)7-15(14)23-9-11-12(17)3-2-4-13(11)18/h2-8H,9H2,1H3,(H3,19,21,24). The van der Waals surface area contributed by atoms with Crippen LogP contribution < -0.4 is 20.6 Å². The second kappa shape index (κ2) is 8.73. The lowest BCUT2D eigenvalue weighted by Gasteiger charge is -2.13. The van der Waals surface area contributed by atoms with Gasteiger partial charge in [0.15, 0.2) is 16.6 Å². The van der Waals surface area contributed by atoms with Crippen molar-refractivity contribution < 1.29 is 9.47 Å². The van der Waals surface area contributed by atoms with E-state index >= 15 is 0 Å². The average Bonchev–Trinajstić information content (AvgIpc) is 2.54. The van der Waals surface area contributed by atoms with E-state index in [1.807, 2.05) is 6.07 Å². The van der Waals surface area contributed by atoms with Gasteiger partial charge in [0.1, 0.15) is 6.61 Å². The molecule has 3 N–H and O–H groups in total. The summed E-state index contributed by atoms with van der Waals surface area (Å²) in [6, 6.07) is 10.7. The molecule has 2 rings (SSSR count). The third kappa shape index (κ3) is 4.99. The van der Waals surface area contributed by atoms with Crippen LogP contribution in [0.4, 0.5) is 0 Å². The van der Waals surface area contributed by atoms with Gasteiger partial charge in [-0.15, -0.1) is 0 Å². The molecule has 0 spiro atoms. The van der Waals surface area contributed by atoms with Crippen LogP contribution >= 0.6 is 35.4 Å². The first-order chi connectivity index (χ1) is 11.5. The Bertz CT molecular complexity index is 749. The largest absolute Gasteiger partial charge is 0.493 e. The Morgan fingerprint density at radius 2 is 1.96 bits per heavy atom. The van der Waals surface area contributed by atoms with Gasteiger partial charge in [0, 0.05) is 15.6 Å². The predicted octanol–water partition coefficient (Wildman–Crippen LogP) is 3.75. The van der Waals surface area contributed by atoms with E-state index in [1.54, 1.807) is 43.7 Å². The highest BCUT2D eigenvalue weighted by Crippen LogP contribution is 2.31. The fourth-order valence-corrected chi connectivity index (χ4v) is 2.44. The van der Waals surface area contributed by atoms with Crippen molar-refractivity contribution in [2.45, 2.75) is 6.61 Å². The minimum Gasteiger partial charge on any atom is -0.493 e. The molecule has 0 aliphatic carbocycles. The maximum atomic E-state index is 6.15.